The van der Waals surface area contributed by atoms with Crippen molar-refractivity contribution in [3.05, 3.63) is 24.3 Å². The first-order chi connectivity index (χ1) is 29.4. The maximum Gasteiger partial charge on any atom is 0.508 e. The molecular formula is C52H96O8. The van der Waals surface area contributed by atoms with E-state index < -0.39 is 12.4 Å². The molecule has 0 amide bonds. The second-order valence-electron chi connectivity index (χ2n) is 17.1. The van der Waals surface area contributed by atoms with Gasteiger partial charge in [0, 0.05) is 38.4 Å². The Hall–Kier alpha value is -2.19. The lowest BCUT2D eigenvalue weighted by Gasteiger charge is -2.20. The van der Waals surface area contributed by atoms with Gasteiger partial charge in [-0.3, -0.25) is 9.59 Å². The third-order valence-corrected chi connectivity index (χ3v) is 11.5. The summed E-state index contributed by atoms with van der Waals surface area (Å²) in [7, 11) is 0. The fourth-order valence-corrected chi connectivity index (χ4v) is 7.22. The molecule has 1 atom stereocenters. The Morgan fingerprint density at radius 3 is 1.55 bits per heavy atom. The Labute approximate surface area is 370 Å². The highest BCUT2D eigenvalue weighted by Gasteiger charge is 2.19. The zero-order valence-electron chi connectivity index (χ0n) is 40.0. The lowest BCUT2D eigenvalue weighted by molar-refractivity contribution is -0.160. The second-order valence-corrected chi connectivity index (χ2v) is 17.1. The highest BCUT2D eigenvalue weighted by molar-refractivity contribution is 5.78. The molecule has 0 aromatic carbocycles. The summed E-state index contributed by atoms with van der Waals surface area (Å²) in [6.07, 6.45) is 40.9. The summed E-state index contributed by atoms with van der Waals surface area (Å²) in [6.45, 7) is 12.8. The summed E-state index contributed by atoms with van der Waals surface area (Å²) in [5, 5.41) is 0. The summed E-state index contributed by atoms with van der Waals surface area (Å²) >= 11 is 0. The number of unbranched alkanes of at least 4 members (excludes halogenated alkanes) is 18. The van der Waals surface area contributed by atoms with E-state index in [9.17, 15) is 14.4 Å². The minimum absolute atomic E-state index is 0.0426. The van der Waals surface area contributed by atoms with E-state index in [1.807, 2.05) is 0 Å². The van der Waals surface area contributed by atoms with Crippen LogP contribution in [0.1, 0.15) is 240 Å². The van der Waals surface area contributed by atoms with Crippen LogP contribution >= 0.6 is 0 Å². The number of hydrogen-bond acceptors (Lipinski definition) is 8. The normalized spacial score (nSPS) is 12.3. The molecule has 0 rings (SSSR count). The Morgan fingerprint density at radius 1 is 0.433 bits per heavy atom. The molecule has 352 valence electrons. The highest BCUT2D eigenvalue weighted by atomic mass is 16.7. The molecule has 0 aromatic heterocycles. The molecule has 8 heteroatoms. The van der Waals surface area contributed by atoms with Gasteiger partial charge in [0.15, 0.2) is 6.29 Å². The summed E-state index contributed by atoms with van der Waals surface area (Å²) in [5.41, 5.74) is 0. The lowest BCUT2D eigenvalue weighted by Crippen LogP contribution is -2.24. The Kier molecular flexibility index (Phi) is 44.6. The Morgan fingerprint density at radius 2 is 0.950 bits per heavy atom. The van der Waals surface area contributed by atoms with Gasteiger partial charge in [-0.2, -0.15) is 0 Å². The number of allylic oxidation sites excluding steroid dienone is 4. The molecule has 0 spiro atoms. The van der Waals surface area contributed by atoms with Gasteiger partial charge in [-0.25, -0.2) is 4.79 Å². The molecule has 0 saturated heterocycles. The van der Waals surface area contributed by atoms with Crippen molar-refractivity contribution in [2.75, 3.05) is 33.0 Å². The van der Waals surface area contributed by atoms with E-state index in [1.54, 1.807) is 0 Å². The van der Waals surface area contributed by atoms with Crippen LogP contribution in [0.5, 0.6) is 0 Å². The van der Waals surface area contributed by atoms with Crippen molar-refractivity contribution in [2.45, 2.75) is 246 Å². The van der Waals surface area contributed by atoms with E-state index in [-0.39, 0.29) is 37.3 Å². The molecule has 0 aliphatic rings. The van der Waals surface area contributed by atoms with Crippen molar-refractivity contribution in [1.29, 1.82) is 0 Å². The SMILES string of the molecule is CCCCC/C=C\C/C=C\CCCCCCCC(=O)CCC(COC(=O)CCC(OCCCCCCCC)OCCCCCCCC)COC(=O)OCCCC(CC)CC. The maximum atomic E-state index is 13.0. The zero-order valence-corrected chi connectivity index (χ0v) is 40.0. The third-order valence-electron chi connectivity index (χ3n) is 11.5. The number of Topliss-reactive ketones (excluding diaryl/α,β-unsaturated/α-hetero) is 1. The summed E-state index contributed by atoms with van der Waals surface area (Å²) in [4.78, 5) is 38.3. The zero-order chi connectivity index (χ0) is 44.0. The molecule has 0 radical (unpaired) electrons. The largest absolute Gasteiger partial charge is 0.508 e. The van der Waals surface area contributed by atoms with Crippen molar-refractivity contribution in [1.82, 2.24) is 0 Å². The summed E-state index contributed by atoms with van der Waals surface area (Å²) in [6, 6.07) is 0. The van der Waals surface area contributed by atoms with Gasteiger partial charge in [0.25, 0.3) is 0 Å². The van der Waals surface area contributed by atoms with Crippen molar-refractivity contribution < 1.29 is 38.1 Å². The topological polar surface area (TPSA) is 97.4 Å². The molecule has 0 aliphatic carbocycles. The standard InChI is InChI=1S/C52H96O8/c1-6-11-14-17-20-21-22-23-24-25-26-27-28-29-32-37-49(53)39-38-48(46-60-52(55)58-44-35-36-47(9-4)10-5)45-59-50(54)40-41-51(56-42-33-30-18-15-12-7-2)57-43-34-31-19-16-13-8-3/h20-21,23-24,47-48,51H,6-19,22,25-46H2,1-5H3/b21-20-,24-23-. The monoisotopic (exact) mass is 849 g/mol. The van der Waals surface area contributed by atoms with Gasteiger partial charge in [-0.05, 0) is 76.5 Å². The van der Waals surface area contributed by atoms with Crippen LogP contribution in [0.4, 0.5) is 4.79 Å². The number of carbonyl (C=O) groups is 3. The maximum absolute atomic E-state index is 13.0. The summed E-state index contributed by atoms with van der Waals surface area (Å²) < 4.78 is 28.8. The van der Waals surface area contributed by atoms with E-state index in [1.165, 1.54) is 89.9 Å². The number of rotatable bonds is 46. The number of esters is 1. The van der Waals surface area contributed by atoms with Gasteiger partial charge >= 0.3 is 12.1 Å². The van der Waals surface area contributed by atoms with E-state index in [0.717, 1.165) is 83.5 Å². The first kappa shape index (κ1) is 57.8. The quantitative estimate of drug-likeness (QED) is 0.0259. The minimum atomic E-state index is -0.708. The molecule has 0 bridgehead atoms. The molecule has 0 heterocycles. The van der Waals surface area contributed by atoms with Crippen LogP contribution < -0.4 is 0 Å². The van der Waals surface area contributed by atoms with Gasteiger partial charge in [-0.15, -0.1) is 0 Å². The predicted octanol–water partition coefficient (Wildman–Crippen LogP) is 15.5. The van der Waals surface area contributed by atoms with Gasteiger partial charge in [-0.1, -0.05) is 168 Å². The number of hydrogen-bond donors (Lipinski definition) is 0. The van der Waals surface area contributed by atoms with Crippen LogP contribution in [0.15, 0.2) is 24.3 Å². The van der Waals surface area contributed by atoms with Gasteiger partial charge in [0.05, 0.1) is 19.6 Å². The number of ketones is 1. The molecule has 1 unspecified atom stereocenters. The molecule has 0 fully saturated rings. The molecule has 0 aliphatic heterocycles. The molecule has 0 saturated carbocycles. The molecule has 0 aromatic rings. The van der Waals surface area contributed by atoms with Crippen molar-refractivity contribution in [2.24, 2.45) is 11.8 Å². The Balaban J connectivity index is 4.84. The fourth-order valence-electron chi connectivity index (χ4n) is 7.22. The second kappa shape index (κ2) is 46.3. The first-order valence-corrected chi connectivity index (χ1v) is 25.4. The van der Waals surface area contributed by atoms with Crippen LogP contribution in [-0.4, -0.2) is 57.2 Å². The first-order valence-electron chi connectivity index (χ1n) is 25.4. The minimum Gasteiger partial charge on any atom is -0.465 e. The number of ether oxygens (including phenoxy) is 5. The van der Waals surface area contributed by atoms with E-state index in [4.69, 9.17) is 23.7 Å². The molecular weight excluding hydrogens is 753 g/mol. The van der Waals surface area contributed by atoms with E-state index in [0.29, 0.717) is 51.4 Å². The predicted molar refractivity (Wildman–Crippen MR) is 250 cm³/mol. The van der Waals surface area contributed by atoms with Crippen LogP contribution in [0.2, 0.25) is 0 Å². The average molecular weight is 849 g/mol. The summed E-state index contributed by atoms with van der Waals surface area (Å²) in [5.74, 6) is 0.217. The van der Waals surface area contributed by atoms with Gasteiger partial charge in [0.2, 0.25) is 0 Å². The van der Waals surface area contributed by atoms with Crippen LogP contribution in [-0.2, 0) is 33.3 Å². The highest BCUT2D eigenvalue weighted by Crippen LogP contribution is 2.17. The van der Waals surface area contributed by atoms with Crippen LogP contribution in [0.3, 0.4) is 0 Å². The van der Waals surface area contributed by atoms with Crippen molar-refractivity contribution in [3.8, 4) is 0 Å². The average Bonchev–Trinajstić information content (AvgIpc) is 3.25. The number of carbonyl (C=O) groups excluding carboxylic acids is 3. The molecule has 0 N–H and O–H groups in total. The van der Waals surface area contributed by atoms with E-state index in [2.05, 4.69) is 58.9 Å². The smallest absolute Gasteiger partial charge is 0.465 e. The molecule has 60 heavy (non-hydrogen) atoms. The van der Waals surface area contributed by atoms with Crippen LogP contribution in [0, 0.1) is 11.8 Å². The van der Waals surface area contributed by atoms with Gasteiger partial charge in [0.1, 0.15) is 12.4 Å². The fraction of sp³-hybridized carbons (Fsp3) is 0.865. The van der Waals surface area contributed by atoms with Crippen molar-refractivity contribution in [3.63, 3.8) is 0 Å². The lowest BCUT2D eigenvalue weighted by atomic mass is 9.98. The van der Waals surface area contributed by atoms with Crippen molar-refractivity contribution >= 4 is 17.9 Å². The van der Waals surface area contributed by atoms with Gasteiger partial charge < -0.3 is 23.7 Å². The third kappa shape index (κ3) is 41.2. The molecule has 8 nitrogen and oxygen atoms in total. The van der Waals surface area contributed by atoms with E-state index >= 15 is 0 Å². The Bertz CT molecular complexity index is 988. The van der Waals surface area contributed by atoms with Crippen LogP contribution in [0.25, 0.3) is 0 Å².